The third-order valence-electron chi connectivity index (χ3n) is 6.84. The molecule has 2 aromatic rings. The lowest BCUT2D eigenvalue weighted by Crippen LogP contribution is -2.37. The number of carboxylic acid groups (broad SMARTS) is 1. The van der Waals surface area contributed by atoms with Gasteiger partial charge in [-0.1, -0.05) is 48.5 Å². The number of hydrogen-bond donors (Lipinski definition) is 2. The van der Waals surface area contributed by atoms with Gasteiger partial charge in [-0.15, -0.1) is 0 Å². The van der Waals surface area contributed by atoms with Crippen molar-refractivity contribution < 1.29 is 24.2 Å². The zero-order chi connectivity index (χ0) is 24.1. The normalized spacial score (nSPS) is 17.7. The fraction of sp³-hybridized carbons (Fsp3) is 0.444. The van der Waals surface area contributed by atoms with Gasteiger partial charge in [-0.2, -0.15) is 0 Å². The van der Waals surface area contributed by atoms with Crippen LogP contribution in [0.25, 0.3) is 11.1 Å². The molecule has 4 rings (SSSR count). The third kappa shape index (κ3) is 5.41. The highest BCUT2D eigenvalue weighted by molar-refractivity contribution is 5.79. The lowest BCUT2D eigenvalue weighted by atomic mass is 9.98. The van der Waals surface area contributed by atoms with Crippen LogP contribution >= 0.6 is 0 Å². The first-order valence-electron chi connectivity index (χ1n) is 12.1. The number of amides is 2. The number of carboxylic acids is 1. The minimum Gasteiger partial charge on any atom is -0.481 e. The molecule has 0 saturated carbocycles. The Morgan fingerprint density at radius 2 is 1.74 bits per heavy atom. The van der Waals surface area contributed by atoms with Gasteiger partial charge < -0.3 is 20.1 Å². The Labute approximate surface area is 200 Å². The summed E-state index contributed by atoms with van der Waals surface area (Å²) in [6.07, 6.45) is 2.77. The van der Waals surface area contributed by atoms with Gasteiger partial charge in [0.05, 0.1) is 6.42 Å². The van der Waals surface area contributed by atoms with Crippen molar-refractivity contribution in [1.82, 2.24) is 10.2 Å². The molecule has 180 valence electrons. The minimum atomic E-state index is -0.870. The number of hydrogen-bond acceptors (Lipinski definition) is 4. The van der Waals surface area contributed by atoms with E-state index in [-0.39, 0.29) is 36.9 Å². The SMILES string of the molecule is CC(CCCC(=O)N1CCC[C@@H]1CC(=O)O)NC(=O)OCC1c2ccccc2-c2ccccc21. The van der Waals surface area contributed by atoms with E-state index in [0.717, 1.165) is 12.8 Å². The topological polar surface area (TPSA) is 95.9 Å². The van der Waals surface area contributed by atoms with E-state index in [2.05, 4.69) is 29.6 Å². The van der Waals surface area contributed by atoms with Crippen LogP contribution in [0.2, 0.25) is 0 Å². The van der Waals surface area contributed by atoms with Gasteiger partial charge in [0.25, 0.3) is 0 Å². The van der Waals surface area contributed by atoms with Crippen LogP contribution in [0.4, 0.5) is 4.79 Å². The second-order valence-corrected chi connectivity index (χ2v) is 9.24. The maximum Gasteiger partial charge on any atom is 0.407 e. The second-order valence-electron chi connectivity index (χ2n) is 9.24. The van der Waals surface area contributed by atoms with Crippen molar-refractivity contribution in [3.63, 3.8) is 0 Å². The number of nitrogens with zero attached hydrogens (tertiary/aromatic N) is 1. The van der Waals surface area contributed by atoms with Crippen LogP contribution in [-0.4, -0.2) is 53.2 Å². The Balaban J connectivity index is 1.21. The first-order chi connectivity index (χ1) is 16.4. The van der Waals surface area contributed by atoms with Crippen LogP contribution < -0.4 is 5.32 Å². The number of rotatable bonds is 9. The second kappa shape index (κ2) is 10.7. The Morgan fingerprint density at radius 1 is 1.09 bits per heavy atom. The highest BCUT2D eigenvalue weighted by Gasteiger charge is 2.30. The van der Waals surface area contributed by atoms with E-state index in [4.69, 9.17) is 9.84 Å². The predicted molar refractivity (Wildman–Crippen MR) is 129 cm³/mol. The van der Waals surface area contributed by atoms with Crippen LogP contribution in [-0.2, 0) is 14.3 Å². The Kier molecular flexibility index (Phi) is 7.50. The molecule has 0 radical (unpaired) electrons. The van der Waals surface area contributed by atoms with Crippen molar-refractivity contribution >= 4 is 18.0 Å². The minimum absolute atomic E-state index is 0.00269. The summed E-state index contributed by atoms with van der Waals surface area (Å²) >= 11 is 0. The number of likely N-dealkylation sites (tertiary alicyclic amines) is 1. The lowest BCUT2D eigenvalue weighted by molar-refractivity contribution is -0.139. The van der Waals surface area contributed by atoms with Crippen molar-refractivity contribution in [3.8, 4) is 11.1 Å². The van der Waals surface area contributed by atoms with E-state index in [0.29, 0.717) is 25.8 Å². The van der Waals surface area contributed by atoms with Crippen LogP contribution in [0.3, 0.4) is 0 Å². The molecule has 7 nitrogen and oxygen atoms in total. The van der Waals surface area contributed by atoms with Crippen molar-refractivity contribution in [2.75, 3.05) is 13.2 Å². The van der Waals surface area contributed by atoms with Gasteiger partial charge in [0, 0.05) is 31.0 Å². The number of aliphatic carboxylic acids is 1. The summed E-state index contributed by atoms with van der Waals surface area (Å²) in [5.41, 5.74) is 4.72. The van der Waals surface area contributed by atoms with Crippen molar-refractivity contribution in [2.24, 2.45) is 0 Å². The average molecular weight is 465 g/mol. The van der Waals surface area contributed by atoms with Crippen molar-refractivity contribution in [1.29, 1.82) is 0 Å². The largest absolute Gasteiger partial charge is 0.481 e. The maximum absolute atomic E-state index is 12.5. The molecular weight excluding hydrogens is 432 g/mol. The van der Waals surface area contributed by atoms with Crippen molar-refractivity contribution in [2.45, 2.75) is 63.5 Å². The zero-order valence-electron chi connectivity index (χ0n) is 19.5. The fourth-order valence-corrected chi connectivity index (χ4v) is 5.19. The quantitative estimate of drug-likeness (QED) is 0.568. The number of fused-ring (bicyclic) bond motifs is 3. The summed E-state index contributed by atoms with van der Waals surface area (Å²) in [6, 6.07) is 16.1. The first kappa shape index (κ1) is 23.8. The number of ether oxygens (including phenoxy) is 1. The van der Waals surface area contributed by atoms with Crippen LogP contribution in [0, 0.1) is 0 Å². The molecule has 2 aliphatic rings. The van der Waals surface area contributed by atoms with Gasteiger partial charge >= 0.3 is 12.1 Å². The number of carbonyl (C=O) groups excluding carboxylic acids is 2. The number of nitrogens with one attached hydrogen (secondary N) is 1. The molecule has 2 aromatic carbocycles. The van der Waals surface area contributed by atoms with Gasteiger partial charge in [-0.25, -0.2) is 4.79 Å². The van der Waals surface area contributed by atoms with E-state index in [9.17, 15) is 14.4 Å². The summed E-state index contributed by atoms with van der Waals surface area (Å²) in [4.78, 5) is 37.6. The molecule has 7 heteroatoms. The molecule has 0 aromatic heterocycles. The zero-order valence-corrected chi connectivity index (χ0v) is 19.5. The Bertz CT molecular complexity index is 1010. The molecule has 0 spiro atoms. The molecule has 1 aliphatic carbocycles. The van der Waals surface area contributed by atoms with Gasteiger partial charge in [0.15, 0.2) is 0 Å². The fourth-order valence-electron chi connectivity index (χ4n) is 5.19. The van der Waals surface area contributed by atoms with Crippen LogP contribution in [0.15, 0.2) is 48.5 Å². The molecular formula is C27H32N2O5. The Hall–Kier alpha value is -3.35. The van der Waals surface area contributed by atoms with E-state index in [1.165, 1.54) is 22.3 Å². The molecule has 2 amide bonds. The molecule has 1 fully saturated rings. The molecule has 1 unspecified atom stereocenters. The number of alkyl carbamates (subject to hydrolysis) is 1. The molecule has 1 aliphatic heterocycles. The summed E-state index contributed by atoms with van der Waals surface area (Å²) in [6.45, 7) is 2.80. The third-order valence-corrected chi connectivity index (χ3v) is 6.84. The lowest BCUT2D eigenvalue weighted by Gasteiger charge is -2.24. The van der Waals surface area contributed by atoms with E-state index < -0.39 is 12.1 Å². The average Bonchev–Trinajstić information content (AvgIpc) is 3.39. The summed E-state index contributed by atoms with van der Waals surface area (Å²) in [5.74, 6) is -0.854. The monoisotopic (exact) mass is 464 g/mol. The van der Waals surface area contributed by atoms with Gasteiger partial charge in [0.2, 0.25) is 5.91 Å². The molecule has 2 N–H and O–H groups in total. The predicted octanol–water partition coefficient (Wildman–Crippen LogP) is 4.55. The molecule has 0 bridgehead atoms. The summed E-state index contributed by atoms with van der Waals surface area (Å²) in [5, 5.41) is 11.9. The maximum atomic E-state index is 12.5. The van der Waals surface area contributed by atoms with Gasteiger partial charge in [-0.3, -0.25) is 9.59 Å². The highest BCUT2D eigenvalue weighted by atomic mass is 16.5. The highest BCUT2D eigenvalue weighted by Crippen LogP contribution is 2.44. The molecule has 1 saturated heterocycles. The van der Waals surface area contributed by atoms with Gasteiger partial charge in [-0.05, 0) is 54.9 Å². The summed E-state index contributed by atoms with van der Waals surface area (Å²) < 4.78 is 5.59. The number of benzene rings is 2. The van der Waals surface area contributed by atoms with E-state index in [1.54, 1.807) is 4.90 Å². The molecule has 1 heterocycles. The van der Waals surface area contributed by atoms with Crippen molar-refractivity contribution in [3.05, 3.63) is 59.7 Å². The smallest absolute Gasteiger partial charge is 0.407 e. The molecule has 34 heavy (non-hydrogen) atoms. The Morgan fingerprint density at radius 3 is 2.38 bits per heavy atom. The molecule has 2 atom stereocenters. The van der Waals surface area contributed by atoms with Gasteiger partial charge in [0.1, 0.15) is 6.61 Å². The van der Waals surface area contributed by atoms with E-state index in [1.807, 2.05) is 31.2 Å². The standard InChI is InChI=1S/C27H32N2O5/c1-18(8-6-14-25(30)29-15-7-9-19(29)16-26(31)32)28-27(33)34-17-24-22-12-4-2-10-20(22)21-11-3-5-13-23(21)24/h2-5,10-13,18-19,24H,6-9,14-17H2,1H3,(H,28,33)(H,31,32)/t18?,19-/m1/s1. The summed E-state index contributed by atoms with van der Waals surface area (Å²) in [7, 11) is 0. The van der Waals surface area contributed by atoms with Crippen LogP contribution in [0.5, 0.6) is 0 Å². The van der Waals surface area contributed by atoms with Crippen LogP contribution in [0.1, 0.15) is 62.5 Å². The first-order valence-corrected chi connectivity index (χ1v) is 12.1. The van der Waals surface area contributed by atoms with E-state index >= 15 is 0 Å². The number of carbonyl (C=O) groups is 3.